The first-order valence-electron chi connectivity index (χ1n) is 6.43. The van der Waals surface area contributed by atoms with Crippen molar-refractivity contribution in [3.63, 3.8) is 0 Å². The Morgan fingerprint density at radius 3 is 2.68 bits per heavy atom. The number of hydrogen-bond acceptors (Lipinski definition) is 4. The molecule has 2 heterocycles. The summed E-state index contributed by atoms with van der Waals surface area (Å²) < 4.78 is 0.960. The summed E-state index contributed by atoms with van der Waals surface area (Å²) in [6, 6.07) is 5.88. The third kappa shape index (κ3) is 3.50. The smallest absolute Gasteiger partial charge is 0.144 e. The van der Waals surface area contributed by atoms with Gasteiger partial charge in [-0.3, -0.25) is 4.98 Å². The highest BCUT2D eigenvalue weighted by molar-refractivity contribution is 9.10. The second-order valence-electron chi connectivity index (χ2n) is 4.13. The molecule has 4 nitrogen and oxygen atoms in total. The van der Waals surface area contributed by atoms with Gasteiger partial charge >= 0.3 is 0 Å². The standard InChI is InChI=1S/C14H17BrN4/c1-3-11-13(15)14(16-4-2)19-12(18-11)9-10-7-5-6-8-17-10/h5-8H,3-4,9H2,1-2H3,(H,16,18,19). The van der Waals surface area contributed by atoms with Crippen LogP contribution in [-0.4, -0.2) is 21.5 Å². The minimum atomic E-state index is 0.652. The van der Waals surface area contributed by atoms with Crippen molar-refractivity contribution in [2.24, 2.45) is 0 Å². The van der Waals surface area contributed by atoms with E-state index in [4.69, 9.17) is 0 Å². The molecule has 0 atom stereocenters. The third-order valence-corrected chi connectivity index (χ3v) is 3.54. The zero-order valence-electron chi connectivity index (χ0n) is 11.2. The molecule has 0 aromatic carbocycles. The molecule has 0 amide bonds. The van der Waals surface area contributed by atoms with Crippen molar-refractivity contribution in [2.75, 3.05) is 11.9 Å². The Morgan fingerprint density at radius 1 is 1.21 bits per heavy atom. The average Bonchev–Trinajstić information content (AvgIpc) is 2.43. The van der Waals surface area contributed by atoms with Gasteiger partial charge in [-0.15, -0.1) is 0 Å². The normalized spacial score (nSPS) is 10.5. The molecule has 0 radical (unpaired) electrons. The van der Waals surface area contributed by atoms with Gasteiger partial charge in [-0.25, -0.2) is 9.97 Å². The molecule has 19 heavy (non-hydrogen) atoms. The van der Waals surface area contributed by atoms with Gasteiger partial charge in [-0.2, -0.15) is 0 Å². The van der Waals surface area contributed by atoms with E-state index in [-0.39, 0.29) is 0 Å². The number of rotatable bonds is 5. The van der Waals surface area contributed by atoms with Gasteiger partial charge in [0.05, 0.1) is 16.6 Å². The topological polar surface area (TPSA) is 50.7 Å². The lowest BCUT2D eigenvalue weighted by Gasteiger charge is -2.11. The van der Waals surface area contributed by atoms with E-state index in [0.717, 1.165) is 40.5 Å². The van der Waals surface area contributed by atoms with Crippen LogP contribution in [0.3, 0.4) is 0 Å². The van der Waals surface area contributed by atoms with Gasteiger partial charge in [-0.05, 0) is 41.4 Å². The predicted molar refractivity (Wildman–Crippen MR) is 80.3 cm³/mol. The fourth-order valence-electron chi connectivity index (χ4n) is 1.81. The van der Waals surface area contributed by atoms with Crippen molar-refractivity contribution in [3.05, 3.63) is 46.1 Å². The molecule has 0 spiro atoms. The van der Waals surface area contributed by atoms with Gasteiger partial charge in [0.25, 0.3) is 0 Å². The molecule has 0 saturated carbocycles. The van der Waals surface area contributed by atoms with E-state index in [1.165, 1.54) is 0 Å². The van der Waals surface area contributed by atoms with Crippen molar-refractivity contribution < 1.29 is 0 Å². The minimum absolute atomic E-state index is 0.652. The molecular formula is C14H17BrN4. The first kappa shape index (κ1) is 13.9. The molecule has 0 bridgehead atoms. The summed E-state index contributed by atoms with van der Waals surface area (Å²) in [7, 11) is 0. The summed E-state index contributed by atoms with van der Waals surface area (Å²) in [6.45, 7) is 4.98. The fourth-order valence-corrected chi connectivity index (χ4v) is 2.41. The van der Waals surface area contributed by atoms with Gasteiger partial charge in [0.2, 0.25) is 0 Å². The van der Waals surface area contributed by atoms with E-state index < -0.39 is 0 Å². The van der Waals surface area contributed by atoms with Crippen LogP contribution in [0.4, 0.5) is 5.82 Å². The Balaban J connectivity index is 2.32. The van der Waals surface area contributed by atoms with E-state index in [2.05, 4.69) is 50.0 Å². The molecule has 0 saturated heterocycles. The Labute approximate surface area is 121 Å². The molecule has 0 fully saturated rings. The molecular weight excluding hydrogens is 304 g/mol. The number of halogens is 1. The highest BCUT2D eigenvalue weighted by Crippen LogP contribution is 2.24. The maximum Gasteiger partial charge on any atom is 0.144 e. The van der Waals surface area contributed by atoms with E-state index >= 15 is 0 Å². The molecule has 100 valence electrons. The van der Waals surface area contributed by atoms with Crippen LogP contribution in [0.25, 0.3) is 0 Å². The van der Waals surface area contributed by atoms with E-state index in [9.17, 15) is 0 Å². The summed E-state index contributed by atoms with van der Waals surface area (Å²) in [4.78, 5) is 13.5. The van der Waals surface area contributed by atoms with Crippen LogP contribution in [0.2, 0.25) is 0 Å². The highest BCUT2D eigenvalue weighted by Gasteiger charge is 2.11. The van der Waals surface area contributed by atoms with Crippen molar-refractivity contribution in [1.29, 1.82) is 0 Å². The monoisotopic (exact) mass is 320 g/mol. The molecule has 2 rings (SSSR count). The van der Waals surface area contributed by atoms with Crippen LogP contribution in [-0.2, 0) is 12.8 Å². The first-order valence-corrected chi connectivity index (χ1v) is 7.23. The number of anilines is 1. The van der Waals surface area contributed by atoms with Gasteiger partial charge in [0, 0.05) is 18.4 Å². The molecule has 0 aliphatic rings. The van der Waals surface area contributed by atoms with Crippen LogP contribution in [0.15, 0.2) is 28.9 Å². The zero-order valence-corrected chi connectivity index (χ0v) is 12.7. The third-order valence-electron chi connectivity index (χ3n) is 2.71. The molecule has 0 aliphatic carbocycles. The average molecular weight is 321 g/mol. The summed E-state index contributed by atoms with van der Waals surface area (Å²) in [5, 5.41) is 3.26. The van der Waals surface area contributed by atoms with Gasteiger partial charge in [0.15, 0.2) is 0 Å². The van der Waals surface area contributed by atoms with Crippen molar-refractivity contribution in [1.82, 2.24) is 15.0 Å². The Bertz CT molecular complexity index is 543. The maximum absolute atomic E-state index is 4.59. The molecule has 2 aromatic heterocycles. The van der Waals surface area contributed by atoms with E-state index in [0.29, 0.717) is 6.42 Å². The number of aromatic nitrogens is 3. The maximum atomic E-state index is 4.59. The largest absolute Gasteiger partial charge is 0.369 e. The molecule has 1 N–H and O–H groups in total. The Hall–Kier alpha value is -1.49. The van der Waals surface area contributed by atoms with Gasteiger partial charge in [0.1, 0.15) is 11.6 Å². The number of hydrogen-bond donors (Lipinski definition) is 1. The number of pyridine rings is 1. The van der Waals surface area contributed by atoms with Crippen molar-refractivity contribution in [2.45, 2.75) is 26.7 Å². The van der Waals surface area contributed by atoms with Gasteiger partial charge in [-0.1, -0.05) is 13.0 Å². The van der Waals surface area contributed by atoms with E-state index in [1.54, 1.807) is 6.20 Å². The lowest BCUT2D eigenvalue weighted by atomic mass is 10.2. The Kier molecular flexibility index (Phi) is 4.85. The molecule has 0 aliphatic heterocycles. The summed E-state index contributed by atoms with van der Waals surface area (Å²) >= 11 is 3.56. The molecule has 2 aromatic rings. The van der Waals surface area contributed by atoms with Crippen molar-refractivity contribution >= 4 is 21.7 Å². The summed E-state index contributed by atoms with van der Waals surface area (Å²) in [6.07, 6.45) is 3.32. The van der Waals surface area contributed by atoms with Crippen molar-refractivity contribution in [3.8, 4) is 0 Å². The van der Waals surface area contributed by atoms with Crippen LogP contribution in [0, 0.1) is 0 Å². The summed E-state index contributed by atoms with van der Waals surface area (Å²) in [5.74, 6) is 1.66. The first-order chi connectivity index (χ1) is 9.24. The SMILES string of the molecule is CCNc1nc(Cc2ccccn2)nc(CC)c1Br. The molecule has 5 heteroatoms. The zero-order chi connectivity index (χ0) is 13.7. The fraction of sp³-hybridized carbons (Fsp3) is 0.357. The number of nitrogens with zero attached hydrogens (tertiary/aromatic N) is 3. The highest BCUT2D eigenvalue weighted by atomic mass is 79.9. The number of nitrogens with one attached hydrogen (secondary N) is 1. The predicted octanol–water partition coefficient (Wildman–Crippen LogP) is 3.22. The van der Waals surface area contributed by atoms with Gasteiger partial charge < -0.3 is 5.32 Å². The van der Waals surface area contributed by atoms with E-state index in [1.807, 2.05) is 18.2 Å². The van der Waals surface area contributed by atoms with Crippen LogP contribution in [0.1, 0.15) is 31.1 Å². The quantitative estimate of drug-likeness (QED) is 0.919. The second kappa shape index (κ2) is 6.61. The summed E-state index contributed by atoms with van der Waals surface area (Å²) in [5.41, 5.74) is 2.01. The minimum Gasteiger partial charge on any atom is -0.369 e. The van der Waals surface area contributed by atoms with Crippen LogP contribution >= 0.6 is 15.9 Å². The number of aryl methyl sites for hydroxylation is 1. The Morgan fingerprint density at radius 2 is 2.05 bits per heavy atom. The van der Waals surface area contributed by atoms with Crippen LogP contribution < -0.4 is 5.32 Å². The lowest BCUT2D eigenvalue weighted by Crippen LogP contribution is -2.08. The van der Waals surface area contributed by atoms with Crippen LogP contribution in [0.5, 0.6) is 0 Å². The second-order valence-corrected chi connectivity index (χ2v) is 4.92. The molecule has 0 unspecified atom stereocenters. The lowest BCUT2D eigenvalue weighted by molar-refractivity contribution is 0.879.